The van der Waals surface area contributed by atoms with Crippen LogP contribution in [-0.2, 0) is 6.42 Å². The van der Waals surface area contributed by atoms with Gasteiger partial charge in [-0.05, 0) is 54.3 Å². The quantitative estimate of drug-likeness (QED) is 0.773. The second-order valence-corrected chi connectivity index (χ2v) is 5.02. The largest absolute Gasteiger partial charge is 0.192 e. The third-order valence-electron chi connectivity index (χ3n) is 3.09. The summed E-state index contributed by atoms with van der Waals surface area (Å²) >= 11 is 6.29. The molecular formula is C17H15ClN. The molecule has 0 unspecified atom stereocenters. The van der Waals surface area contributed by atoms with Crippen molar-refractivity contribution in [1.82, 2.24) is 0 Å². The monoisotopic (exact) mass is 268 g/mol. The predicted octanol–water partition coefficient (Wildman–Crippen LogP) is 4.94. The topological polar surface area (TPSA) is 23.8 Å². The van der Waals surface area contributed by atoms with Gasteiger partial charge in [0.05, 0.1) is 11.6 Å². The summed E-state index contributed by atoms with van der Waals surface area (Å²) in [5, 5.41) is 9.71. The number of hydrogen-bond donors (Lipinski definition) is 0. The van der Waals surface area contributed by atoms with Crippen LogP contribution in [0.2, 0.25) is 5.02 Å². The Bertz CT molecular complexity index is 638. The summed E-state index contributed by atoms with van der Waals surface area (Å²) in [5.41, 5.74) is 4.98. The molecule has 0 aliphatic carbocycles. The first-order valence-corrected chi connectivity index (χ1v) is 6.74. The van der Waals surface area contributed by atoms with Crippen molar-refractivity contribution >= 4 is 11.6 Å². The third-order valence-corrected chi connectivity index (χ3v) is 3.42. The first-order chi connectivity index (χ1) is 9.15. The SMILES string of the molecule is CCCc1c[c]c(C)cc1-c1cc(C#N)ccc1Cl. The van der Waals surface area contributed by atoms with Crippen LogP contribution in [0.15, 0.2) is 30.3 Å². The number of hydrogen-bond acceptors (Lipinski definition) is 1. The van der Waals surface area contributed by atoms with Gasteiger partial charge in [0.25, 0.3) is 0 Å². The summed E-state index contributed by atoms with van der Waals surface area (Å²) in [6, 6.07) is 14.9. The van der Waals surface area contributed by atoms with Crippen molar-refractivity contribution in [2.75, 3.05) is 0 Å². The molecule has 0 aromatic heterocycles. The van der Waals surface area contributed by atoms with Crippen LogP contribution in [0.1, 0.15) is 30.0 Å². The van der Waals surface area contributed by atoms with E-state index >= 15 is 0 Å². The fourth-order valence-electron chi connectivity index (χ4n) is 2.16. The van der Waals surface area contributed by atoms with Crippen LogP contribution in [0.3, 0.4) is 0 Å². The standard InChI is InChI=1S/C17H15ClN/c1-3-4-14-7-5-12(2)9-15(14)16-10-13(11-19)6-8-17(16)18/h6-10H,3-4H2,1-2H3. The maximum absolute atomic E-state index is 9.03. The maximum Gasteiger partial charge on any atom is 0.0991 e. The van der Waals surface area contributed by atoms with E-state index in [1.165, 1.54) is 5.56 Å². The van der Waals surface area contributed by atoms with Gasteiger partial charge in [-0.2, -0.15) is 5.26 Å². The van der Waals surface area contributed by atoms with Crippen LogP contribution in [0, 0.1) is 24.3 Å². The number of aryl methyl sites for hydroxylation is 2. The number of nitriles is 1. The first kappa shape index (κ1) is 13.6. The highest BCUT2D eigenvalue weighted by atomic mass is 35.5. The van der Waals surface area contributed by atoms with Gasteiger partial charge in [-0.1, -0.05) is 37.1 Å². The van der Waals surface area contributed by atoms with Crippen LogP contribution < -0.4 is 0 Å². The average molecular weight is 269 g/mol. The van der Waals surface area contributed by atoms with E-state index in [4.69, 9.17) is 16.9 Å². The molecule has 2 rings (SSSR count). The van der Waals surface area contributed by atoms with Gasteiger partial charge < -0.3 is 0 Å². The molecule has 95 valence electrons. The van der Waals surface area contributed by atoms with Crippen molar-refractivity contribution in [2.24, 2.45) is 0 Å². The molecule has 0 N–H and O–H groups in total. The summed E-state index contributed by atoms with van der Waals surface area (Å²) < 4.78 is 0. The van der Waals surface area contributed by atoms with Crippen LogP contribution >= 0.6 is 11.6 Å². The van der Waals surface area contributed by atoms with Gasteiger partial charge in [-0.15, -0.1) is 0 Å². The predicted molar refractivity (Wildman–Crippen MR) is 79.2 cm³/mol. The Kier molecular flexibility index (Phi) is 4.24. The lowest BCUT2D eigenvalue weighted by molar-refractivity contribution is 0.922. The fourth-order valence-corrected chi connectivity index (χ4v) is 2.38. The van der Waals surface area contributed by atoms with Gasteiger partial charge in [-0.3, -0.25) is 0 Å². The summed E-state index contributed by atoms with van der Waals surface area (Å²) in [7, 11) is 0. The van der Waals surface area contributed by atoms with E-state index in [0.717, 1.165) is 29.5 Å². The molecule has 0 fully saturated rings. The molecule has 0 amide bonds. The van der Waals surface area contributed by atoms with E-state index in [1.54, 1.807) is 12.1 Å². The summed E-state index contributed by atoms with van der Waals surface area (Å²) in [5.74, 6) is 0. The van der Waals surface area contributed by atoms with Crippen LogP contribution in [0.5, 0.6) is 0 Å². The lowest BCUT2D eigenvalue weighted by Crippen LogP contribution is -1.92. The number of nitrogens with zero attached hydrogens (tertiary/aromatic N) is 1. The van der Waals surface area contributed by atoms with E-state index in [0.29, 0.717) is 10.6 Å². The minimum atomic E-state index is 0.632. The molecule has 0 saturated carbocycles. The molecule has 0 saturated heterocycles. The Hall–Kier alpha value is -1.78. The van der Waals surface area contributed by atoms with Crippen molar-refractivity contribution < 1.29 is 0 Å². The van der Waals surface area contributed by atoms with Crippen molar-refractivity contribution in [3.8, 4) is 17.2 Å². The van der Waals surface area contributed by atoms with E-state index in [9.17, 15) is 0 Å². The zero-order valence-electron chi connectivity index (χ0n) is 11.1. The third kappa shape index (κ3) is 2.97. The van der Waals surface area contributed by atoms with Crippen LogP contribution in [-0.4, -0.2) is 0 Å². The first-order valence-electron chi connectivity index (χ1n) is 6.37. The Labute approximate surface area is 119 Å². The van der Waals surface area contributed by atoms with Crippen LogP contribution in [0.4, 0.5) is 0 Å². The Balaban J connectivity index is 2.63. The van der Waals surface area contributed by atoms with Crippen molar-refractivity contribution in [2.45, 2.75) is 26.7 Å². The molecule has 0 aliphatic heterocycles. The Morgan fingerprint density at radius 1 is 1.26 bits per heavy atom. The van der Waals surface area contributed by atoms with Gasteiger partial charge in [0.1, 0.15) is 0 Å². The molecule has 0 heterocycles. The van der Waals surface area contributed by atoms with E-state index < -0.39 is 0 Å². The lowest BCUT2D eigenvalue weighted by atomic mass is 9.94. The normalized spacial score (nSPS) is 10.2. The van der Waals surface area contributed by atoms with Gasteiger partial charge in [-0.25, -0.2) is 0 Å². The summed E-state index contributed by atoms with van der Waals surface area (Å²) in [4.78, 5) is 0. The smallest absolute Gasteiger partial charge is 0.0991 e. The summed E-state index contributed by atoms with van der Waals surface area (Å²) in [6.07, 6.45) is 2.05. The lowest BCUT2D eigenvalue weighted by Gasteiger charge is -2.12. The second kappa shape index (κ2) is 5.91. The fraction of sp³-hybridized carbons (Fsp3) is 0.235. The van der Waals surface area contributed by atoms with E-state index in [1.807, 2.05) is 19.1 Å². The van der Waals surface area contributed by atoms with Crippen molar-refractivity contribution in [1.29, 1.82) is 5.26 Å². The number of benzene rings is 2. The van der Waals surface area contributed by atoms with Crippen molar-refractivity contribution in [3.63, 3.8) is 0 Å². The summed E-state index contributed by atoms with van der Waals surface area (Å²) in [6.45, 7) is 4.16. The molecular weight excluding hydrogens is 254 g/mol. The average Bonchev–Trinajstić information content (AvgIpc) is 2.42. The molecule has 19 heavy (non-hydrogen) atoms. The maximum atomic E-state index is 9.03. The molecule has 0 aliphatic rings. The molecule has 0 bridgehead atoms. The molecule has 2 heteroatoms. The highest BCUT2D eigenvalue weighted by Crippen LogP contribution is 2.32. The van der Waals surface area contributed by atoms with Gasteiger partial charge >= 0.3 is 0 Å². The van der Waals surface area contributed by atoms with Crippen molar-refractivity contribution in [3.05, 3.63) is 58.1 Å². The highest BCUT2D eigenvalue weighted by Gasteiger charge is 2.10. The van der Waals surface area contributed by atoms with Gasteiger partial charge in [0, 0.05) is 10.6 Å². The molecule has 0 atom stereocenters. The molecule has 1 nitrogen and oxygen atoms in total. The number of rotatable bonds is 3. The highest BCUT2D eigenvalue weighted by molar-refractivity contribution is 6.33. The Morgan fingerprint density at radius 2 is 2.05 bits per heavy atom. The zero-order chi connectivity index (χ0) is 13.8. The molecule has 0 spiro atoms. The van der Waals surface area contributed by atoms with Crippen LogP contribution in [0.25, 0.3) is 11.1 Å². The zero-order valence-corrected chi connectivity index (χ0v) is 11.9. The minimum absolute atomic E-state index is 0.632. The minimum Gasteiger partial charge on any atom is -0.192 e. The molecule has 2 aromatic carbocycles. The van der Waals surface area contributed by atoms with E-state index in [2.05, 4.69) is 25.1 Å². The Morgan fingerprint density at radius 3 is 2.74 bits per heavy atom. The number of halogens is 1. The van der Waals surface area contributed by atoms with Gasteiger partial charge in [0.2, 0.25) is 0 Å². The molecule has 1 radical (unpaired) electrons. The van der Waals surface area contributed by atoms with E-state index in [-0.39, 0.29) is 0 Å². The molecule has 2 aromatic rings. The van der Waals surface area contributed by atoms with Gasteiger partial charge in [0.15, 0.2) is 0 Å². The second-order valence-electron chi connectivity index (χ2n) is 4.61.